The van der Waals surface area contributed by atoms with Crippen LogP contribution in [0.15, 0.2) is 66.7 Å². The third-order valence-electron chi connectivity index (χ3n) is 5.07. The fraction of sp³-hybridized carbons (Fsp3) is 0.174. The summed E-state index contributed by atoms with van der Waals surface area (Å²) in [6.07, 6.45) is 0.899. The van der Waals surface area contributed by atoms with Gasteiger partial charge in [0, 0.05) is 17.0 Å². The number of para-hydroxylation sites is 1. The Bertz CT molecular complexity index is 1180. The summed E-state index contributed by atoms with van der Waals surface area (Å²) in [6, 6.07) is 21.7. The number of ether oxygens (including phenoxy) is 2. The highest BCUT2D eigenvalue weighted by Gasteiger charge is 2.21. The molecule has 0 bridgehead atoms. The van der Waals surface area contributed by atoms with Crippen molar-refractivity contribution in [1.29, 1.82) is 0 Å². The van der Waals surface area contributed by atoms with E-state index in [9.17, 15) is 0 Å². The Morgan fingerprint density at radius 2 is 1.93 bits per heavy atom. The second-order valence-electron chi connectivity index (χ2n) is 7.08. The van der Waals surface area contributed by atoms with E-state index in [0.29, 0.717) is 30.6 Å². The zero-order valence-corrected chi connectivity index (χ0v) is 16.9. The van der Waals surface area contributed by atoms with Gasteiger partial charge in [-0.1, -0.05) is 54.1 Å². The fourth-order valence-corrected chi connectivity index (χ4v) is 3.80. The minimum absolute atomic E-state index is 0.427. The molecule has 30 heavy (non-hydrogen) atoms. The first-order valence-electron chi connectivity index (χ1n) is 9.74. The lowest BCUT2D eigenvalue weighted by Crippen LogP contribution is -2.07. The van der Waals surface area contributed by atoms with Crippen LogP contribution in [-0.4, -0.2) is 26.8 Å². The van der Waals surface area contributed by atoms with Crippen LogP contribution in [-0.2, 0) is 19.6 Å². The summed E-state index contributed by atoms with van der Waals surface area (Å²) in [5, 5.41) is 13.0. The van der Waals surface area contributed by atoms with Crippen LogP contribution < -0.4 is 9.47 Å². The van der Waals surface area contributed by atoms with Crippen molar-refractivity contribution in [2.75, 3.05) is 6.61 Å². The largest absolute Gasteiger partial charge is 0.492 e. The standard InChI is InChI=1S/C23H19ClN4O2/c24-19-9-10-21(30-15-16-5-2-1-3-6-16)18(13-19)14-28-23(25-26-27-28)20-8-4-7-17-11-12-29-22(17)20/h1-10,13H,11-12,14-15H2. The molecule has 3 aromatic carbocycles. The van der Waals surface area contributed by atoms with Gasteiger partial charge in [0.2, 0.25) is 0 Å². The van der Waals surface area contributed by atoms with Crippen molar-refractivity contribution in [1.82, 2.24) is 20.2 Å². The molecule has 0 saturated carbocycles. The quantitative estimate of drug-likeness (QED) is 0.459. The number of halogens is 1. The molecule has 150 valence electrons. The number of nitrogens with zero attached hydrogens (tertiary/aromatic N) is 4. The molecule has 0 atom stereocenters. The maximum Gasteiger partial charge on any atom is 0.186 e. The number of tetrazole rings is 1. The first-order chi connectivity index (χ1) is 14.8. The highest BCUT2D eigenvalue weighted by atomic mass is 35.5. The Morgan fingerprint density at radius 3 is 2.83 bits per heavy atom. The number of hydrogen-bond acceptors (Lipinski definition) is 5. The molecule has 0 N–H and O–H groups in total. The summed E-state index contributed by atoms with van der Waals surface area (Å²) in [5.74, 6) is 2.27. The molecule has 0 radical (unpaired) electrons. The van der Waals surface area contributed by atoms with E-state index in [1.165, 1.54) is 5.56 Å². The van der Waals surface area contributed by atoms with Crippen LogP contribution in [0.5, 0.6) is 11.5 Å². The summed E-state index contributed by atoms with van der Waals surface area (Å²) in [4.78, 5) is 0. The van der Waals surface area contributed by atoms with Gasteiger partial charge in [0.25, 0.3) is 0 Å². The molecule has 2 heterocycles. The number of aromatic nitrogens is 4. The summed E-state index contributed by atoms with van der Waals surface area (Å²) in [7, 11) is 0. The lowest BCUT2D eigenvalue weighted by atomic mass is 10.1. The normalized spacial score (nSPS) is 12.4. The molecule has 0 saturated heterocycles. The zero-order chi connectivity index (χ0) is 20.3. The van der Waals surface area contributed by atoms with Gasteiger partial charge in [0.1, 0.15) is 18.1 Å². The Balaban J connectivity index is 1.44. The van der Waals surface area contributed by atoms with Crippen molar-refractivity contribution >= 4 is 11.6 Å². The maximum atomic E-state index is 6.27. The first kappa shape index (κ1) is 18.6. The molecule has 6 nitrogen and oxygen atoms in total. The summed E-state index contributed by atoms with van der Waals surface area (Å²) in [5.41, 5.74) is 4.07. The molecule has 0 spiro atoms. The SMILES string of the molecule is Clc1ccc(OCc2ccccc2)c(Cn2nnnc2-c2cccc3c2OCC3)c1. The van der Waals surface area contributed by atoms with Gasteiger partial charge in [-0.3, -0.25) is 0 Å². The smallest absolute Gasteiger partial charge is 0.186 e. The monoisotopic (exact) mass is 418 g/mol. The molecule has 1 aliphatic rings. The van der Waals surface area contributed by atoms with Crippen molar-refractivity contribution in [3.63, 3.8) is 0 Å². The topological polar surface area (TPSA) is 62.1 Å². The Labute approximate surface area is 179 Å². The van der Waals surface area contributed by atoms with E-state index in [1.807, 2.05) is 60.7 Å². The highest BCUT2D eigenvalue weighted by molar-refractivity contribution is 6.30. The van der Waals surface area contributed by atoms with Gasteiger partial charge in [-0.2, -0.15) is 0 Å². The van der Waals surface area contributed by atoms with Gasteiger partial charge < -0.3 is 9.47 Å². The van der Waals surface area contributed by atoms with Crippen molar-refractivity contribution in [3.05, 3.63) is 88.4 Å². The van der Waals surface area contributed by atoms with E-state index in [1.54, 1.807) is 4.68 Å². The van der Waals surface area contributed by atoms with E-state index >= 15 is 0 Å². The lowest BCUT2D eigenvalue weighted by Gasteiger charge is -2.13. The van der Waals surface area contributed by atoms with Crippen molar-refractivity contribution < 1.29 is 9.47 Å². The minimum Gasteiger partial charge on any atom is -0.492 e. The molecule has 0 fully saturated rings. The average Bonchev–Trinajstić information content (AvgIpc) is 3.43. The van der Waals surface area contributed by atoms with Crippen molar-refractivity contribution in [2.45, 2.75) is 19.6 Å². The lowest BCUT2D eigenvalue weighted by molar-refractivity contribution is 0.302. The van der Waals surface area contributed by atoms with Gasteiger partial charge >= 0.3 is 0 Å². The molecule has 0 unspecified atom stereocenters. The second kappa shape index (κ2) is 8.16. The van der Waals surface area contributed by atoms with Gasteiger partial charge in [0.05, 0.1) is 18.7 Å². The van der Waals surface area contributed by atoms with Gasteiger partial charge in [0.15, 0.2) is 5.82 Å². The van der Waals surface area contributed by atoms with E-state index in [0.717, 1.165) is 34.6 Å². The summed E-state index contributed by atoms with van der Waals surface area (Å²) < 4.78 is 13.7. The summed E-state index contributed by atoms with van der Waals surface area (Å²) in [6.45, 7) is 1.58. The molecule has 4 aromatic rings. The molecule has 1 aliphatic heterocycles. The molecule has 5 rings (SSSR count). The van der Waals surface area contributed by atoms with E-state index in [4.69, 9.17) is 21.1 Å². The van der Waals surface area contributed by atoms with Crippen LogP contribution in [0.3, 0.4) is 0 Å². The molecular weight excluding hydrogens is 400 g/mol. The van der Waals surface area contributed by atoms with Gasteiger partial charge in [-0.25, -0.2) is 4.68 Å². The van der Waals surface area contributed by atoms with Crippen molar-refractivity contribution in [2.24, 2.45) is 0 Å². The average molecular weight is 419 g/mol. The first-order valence-corrected chi connectivity index (χ1v) is 10.1. The van der Waals surface area contributed by atoms with Crippen LogP contribution in [0.25, 0.3) is 11.4 Å². The van der Waals surface area contributed by atoms with Crippen LogP contribution >= 0.6 is 11.6 Å². The summed E-state index contributed by atoms with van der Waals surface area (Å²) >= 11 is 6.27. The number of benzene rings is 3. The molecule has 1 aromatic heterocycles. The van der Waals surface area contributed by atoms with Gasteiger partial charge in [-0.15, -0.1) is 5.10 Å². The van der Waals surface area contributed by atoms with E-state index in [2.05, 4.69) is 21.6 Å². The predicted octanol–water partition coefficient (Wildman–Crippen LogP) is 4.56. The van der Waals surface area contributed by atoms with Crippen molar-refractivity contribution in [3.8, 4) is 22.9 Å². The second-order valence-corrected chi connectivity index (χ2v) is 7.52. The van der Waals surface area contributed by atoms with E-state index < -0.39 is 0 Å². The number of rotatable bonds is 6. The van der Waals surface area contributed by atoms with Crippen LogP contribution in [0.1, 0.15) is 16.7 Å². The fourth-order valence-electron chi connectivity index (χ4n) is 3.60. The third-order valence-corrected chi connectivity index (χ3v) is 5.30. The number of fused-ring (bicyclic) bond motifs is 1. The third kappa shape index (κ3) is 3.74. The zero-order valence-electron chi connectivity index (χ0n) is 16.2. The van der Waals surface area contributed by atoms with Crippen LogP contribution in [0.2, 0.25) is 5.02 Å². The van der Waals surface area contributed by atoms with Crippen LogP contribution in [0.4, 0.5) is 0 Å². The molecule has 7 heteroatoms. The maximum absolute atomic E-state index is 6.27. The van der Waals surface area contributed by atoms with Crippen LogP contribution in [0, 0.1) is 0 Å². The Morgan fingerprint density at radius 1 is 1.03 bits per heavy atom. The number of hydrogen-bond donors (Lipinski definition) is 0. The molecular formula is C23H19ClN4O2. The molecule has 0 aliphatic carbocycles. The van der Waals surface area contributed by atoms with Gasteiger partial charge in [-0.05, 0) is 45.8 Å². The minimum atomic E-state index is 0.427. The Kier molecular flexibility index (Phi) is 5.07. The van der Waals surface area contributed by atoms with E-state index in [-0.39, 0.29) is 0 Å². The Hall–Kier alpha value is -3.38. The molecule has 0 amide bonds. The highest BCUT2D eigenvalue weighted by Crippen LogP contribution is 2.36. The predicted molar refractivity (Wildman–Crippen MR) is 114 cm³/mol.